The molecule has 0 aliphatic carbocycles. The summed E-state index contributed by atoms with van der Waals surface area (Å²) in [7, 11) is -3.69. The molecule has 0 spiro atoms. The quantitative estimate of drug-likeness (QED) is 0.911. The first-order chi connectivity index (χ1) is 9.36. The fraction of sp³-hybridized carbons (Fsp3) is 0.0769. The van der Waals surface area contributed by atoms with Gasteiger partial charge in [-0.05, 0) is 42.0 Å². The number of halogens is 2. The lowest BCUT2D eigenvalue weighted by atomic mass is 10.2. The summed E-state index contributed by atoms with van der Waals surface area (Å²) in [5.41, 5.74) is 1.43. The maximum absolute atomic E-state index is 13.2. The molecule has 7 heteroatoms. The summed E-state index contributed by atoms with van der Waals surface area (Å²) < 4.78 is 35.4. The zero-order valence-electron chi connectivity index (χ0n) is 10.3. The standard InChI is InChI=1S/C13H12ClFN2O2S/c14-12-6-1-9(7-13(12)15)8-17-10-2-4-11(5-3-10)20(16,18)19/h1-7,17H,8H2,(H2,16,18,19). The highest BCUT2D eigenvalue weighted by molar-refractivity contribution is 7.89. The van der Waals surface area contributed by atoms with Gasteiger partial charge in [0.2, 0.25) is 10.0 Å². The molecule has 20 heavy (non-hydrogen) atoms. The number of sulfonamides is 1. The minimum atomic E-state index is -3.69. The molecule has 3 N–H and O–H groups in total. The van der Waals surface area contributed by atoms with Crippen LogP contribution in [0, 0.1) is 5.82 Å². The second-order valence-electron chi connectivity index (χ2n) is 4.17. The fourth-order valence-electron chi connectivity index (χ4n) is 1.62. The average Bonchev–Trinajstić information content (AvgIpc) is 2.40. The maximum Gasteiger partial charge on any atom is 0.238 e. The van der Waals surface area contributed by atoms with Gasteiger partial charge in [0.15, 0.2) is 0 Å². The molecular weight excluding hydrogens is 303 g/mol. The van der Waals surface area contributed by atoms with E-state index in [2.05, 4.69) is 5.32 Å². The van der Waals surface area contributed by atoms with Crippen LogP contribution in [0.2, 0.25) is 5.02 Å². The Morgan fingerprint density at radius 1 is 1.15 bits per heavy atom. The molecule has 0 atom stereocenters. The Kier molecular flexibility index (Phi) is 4.27. The Morgan fingerprint density at radius 3 is 2.35 bits per heavy atom. The normalized spacial score (nSPS) is 11.3. The van der Waals surface area contributed by atoms with Gasteiger partial charge >= 0.3 is 0 Å². The molecule has 106 valence electrons. The molecule has 0 aliphatic rings. The molecule has 0 radical (unpaired) electrons. The van der Waals surface area contributed by atoms with Crippen LogP contribution < -0.4 is 10.5 Å². The molecule has 0 bridgehead atoms. The zero-order valence-corrected chi connectivity index (χ0v) is 11.9. The van der Waals surface area contributed by atoms with Crippen LogP contribution in [0.1, 0.15) is 5.56 Å². The van der Waals surface area contributed by atoms with Crippen molar-refractivity contribution in [1.82, 2.24) is 0 Å². The molecule has 2 aromatic carbocycles. The third kappa shape index (κ3) is 3.69. The van der Waals surface area contributed by atoms with Crippen molar-refractivity contribution >= 4 is 27.3 Å². The first-order valence-electron chi connectivity index (χ1n) is 5.67. The summed E-state index contributed by atoms with van der Waals surface area (Å²) in [4.78, 5) is 0.0422. The van der Waals surface area contributed by atoms with Gasteiger partial charge in [-0.2, -0.15) is 0 Å². The number of hydrogen-bond acceptors (Lipinski definition) is 3. The topological polar surface area (TPSA) is 72.2 Å². The van der Waals surface area contributed by atoms with E-state index in [1.807, 2.05) is 0 Å². The van der Waals surface area contributed by atoms with Gasteiger partial charge in [0, 0.05) is 12.2 Å². The Labute approximate surface area is 121 Å². The van der Waals surface area contributed by atoms with Crippen molar-refractivity contribution < 1.29 is 12.8 Å². The third-order valence-corrected chi connectivity index (χ3v) is 3.90. The van der Waals surface area contributed by atoms with Crippen LogP contribution in [0.15, 0.2) is 47.4 Å². The van der Waals surface area contributed by atoms with Crippen molar-refractivity contribution in [2.45, 2.75) is 11.4 Å². The average molecular weight is 315 g/mol. The second kappa shape index (κ2) is 5.78. The van der Waals surface area contributed by atoms with Gasteiger partial charge in [0.1, 0.15) is 5.82 Å². The molecule has 4 nitrogen and oxygen atoms in total. The van der Waals surface area contributed by atoms with Crippen LogP contribution in [-0.2, 0) is 16.6 Å². The summed E-state index contributed by atoms with van der Waals surface area (Å²) in [6.07, 6.45) is 0. The van der Waals surface area contributed by atoms with Crippen molar-refractivity contribution in [3.63, 3.8) is 0 Å². The number of primary sulfonamides is 1. The number of hydrogen-bond donors (Lipinski definition) is 2. The van der Waals surface area contributed by atoms with Crippen molar-refractivity contribution in [1.29, 1.82) is 0 Å². The van der Waals surface area contributed by atoms with E-state index < -0.39 is 15.8 Å². The molecule has 2 rings (SSSR count). The molecule has 0 saturated heterocycles. The molecule has 0 fully saturated rings. The molecule has 2 aromatic rings. The largest absolute Gasteiger partial charge is 0.381 e. The van der Waals surface area contributed by atoms with Crippen molar-refractivity contribution in [3.05, 3.63) is 58.9 Å². The predicted molar refractivity (Wildman–Crippen MR) is 76.6 cm³/mol. The highest BCUT2D eigenvalue weighted by Crippen LogP contribution is 2.17. The molecule has 0 saturated carbocycles. The van der Waals surface area contributed by atoms with Crippen LogP contribution in [-0.4, -0.2) is 8.42 Å². The first kappa shape index (κ1) is 14.8. The minimum absolute atomic E-state index is 0.0422. The van der Waals surface area contributed by atoms with E-state index in [1.165, 1.54) is 24.3 Å². The summed E-state index contributed by atoms with van der Waals surface area (Å²) in [5, 5.41) is 8.12. The van der Waals surface area contributed by atoms with Crippen molar-refractivity contribution in [3.8, 4) is 0 Å². The maximum atomic E-state index is 13.2. The fourth-order valence-corrected chi connectivity index (χ4v) is 2.25. The van der Waals surface area contributed by atoms with E-state index in [4.69, 9.17) is 16.7 Å². The Bertz CT molecular complexity index is 718. The number of rotatable bonds is 4. The van der Waals surface area contributed by atoms with E-state index in [0.717, 1.165) is 5.56 Å². The highest BCUT2D eigenvalue weighted by Gasteiger charge is 2.06. The Balaban J connectivity index is 2.06. The summed E-state index contributed by atoms with van der Waals surface area (Å²) >= 11 is 5.59. The monoisotopic (exact) mass is 314 g/mol. The van der Waals surface area contributed by atoms with Gasteiger partial charge < -0.3 is 5.32 Å². The molecule has 0 aliphatic heterocycles. The number of anilines is 1. The molecular formula is C13H12ClFN2O2S. The van der Waals surface area contributed by atoms with Crippen LogP contribution in [0.5, 0.6) is 0 Å². The summed E-state index contributed by atoms with van der Waals surface area (Å²) in [6, 6.07) is 10.5. The van der Waals surface area contributed by atoms with E-state index in [0.29, 0.717) is 12.2 Å². The lowest BCUT2D eigenvalue weighted by molar-refractivity contribution is 0.598. The number of nitrogens with one attached hydrogen (secondary N) is 1. The van der Waals surface area contributed by atoms with Gasteiger partial charge in [-0.3, -0.25) is 0 Å². The van der Waals surface area contributed by atoms with Gasteiger partial charge in [0.25, 0.3) is 0 Å². The highest BCUT2D eigenvalue weighted by atomic mass is 35.5. The van der Waals surface area contributed by atoms with E-state index >= 15 is 0 Å². The lowest BCUT2D eigenvalue weighted by Gasteiger charge is -2.07. The van der Waals surface area contributed by atoms with Gasteiger partial charge in [0.05, 0.1) is 9.92 Å². The summed E-state index contributed by atoms with van der Waals surface area (Å²) in [5.74, 6) is -0.476. The smallest absolute Gasteiger partial charge is 0.238 e. The Morgan fingerprint density at radius 2 is 1.80 bits per heavy atom. The van der Waals surface area contributed by atoms with Gasteiger partial charge in [-0.1, -0.05) is 17.7 Å². The van der Waals surface area contributed by atoms with E-state index in [1.54, 1.807) is 18.2 Å². The minimum Gasteiger partial charge on any atom is -0.381 e. The first-order valence-corrected chi connectivity index (χ1v) is 7.59. The van der Waals surface area contributed by atoms with Gasteiger partial charge in [-0.25, -0.2) is 17.9 Å². The van der Waals surface area contributed by atoms with Crippen molar-refractivity contribution in [2.75, 3.05) is 5.32 Å². The third-order valence-electron chi connectivity index (χ3n) is 2.66. The SMILES string of the molecule is NS(=O)(=O)c1ccc(NCc2ccc(Cl)c(F)c2)cc1. The van der Waals surface area contributed by atoms with Gasteiger partial charge in [-0.15, -0.1) is 0 Å². The Hall–Kier alpha value is -1.63. The van der Waals surface area contributed by atoms with E-state index in [9.17, 15) is 12.8 Å². The molecule has 0 amide bonds. The number of nitrogens with two attached hydrogens (primary N) is 1. The molecule has 0 heterocycles. The molecule has 0 aromatic heterocycles. The predicted octanol–water partition coefficient (Wildman–Crippen LogP) is 2.74. The van der Waals surface area contributed by atoms with Crippen LogP contribution in [0.4, 0.5) is 10.1 Å². The summed E-state index contributed by atoms with van der Waals surface area (Å²) in [6.45, 7) is 0.392. The lowest BCUT2D eigenvalue weighted by Crippen LogP contribution is -2.12. The number of benzene rings is 2. The van der Waals surface area contributed by atoms with Crippen LogP contribution in [0.25, 0.3) is 0 Å². The van der Waals surface area contributed by atoms with E-state index in [-0.39, 0.29) is 9.92 Å². The van der Waals surface area contributed by atoms with Crippen LogP contribution >= 0.6 is 11.6 Å². The second-order valence-corrected chi connectivity index (χ2v) is 6.14. The zero-order chi connectivity index (χ0) is 14.8. The van der Waals surface area contributed by atoms with Crippen LogP contribution in [0.3, 0.4) is 0 Å². The molecule has 0 unspecified atom stereocenters. The van der Waals surface area contributed by atoms with Crippen molar-refractivity contribution in [2.24, 2.45) is 5.14 Å².